The molecule has 0 bridgehead atoms. The van der Waals surface area contributed by atoms with E-state index in [9.17, 15) is 0 Å². The van der Waals surface area contributed by atoms with E-state index < -0.39 is 5.41 Å². The zero-order valence-electron chi connectivity index (χ0n) is 41.3. The van der Waals surface area contributed by atoms with Gasteiger partial charge in [-0.25, -0.2) is 0 Å². The topological polar surface area (TPSA) is 8.17 Å². The SMILES string of the molecule is c1ccc(-c2cccc(-c3ccc(N(c4ccccc4)c4cccc(-c5ccccc5-c5ccc6c7ccccc7n(-c7cccc8c7-c7ccccc7C8(c7ccccc7)c7ccccc7)c6c5)c4)cc3)c2)cc1. The van der Waals surface area contributed by atoms with E-state index >= 15 is 0 Å². The number of hydrogen-bond acceptors (Lipinski definition) is 1. The van der Waals surface area contributed by atoms with Crippen molar-refractivity contribution in [2.75, 3.05) is 4.90 Å². The van der Waals surface area contributed by atoms with Crippen LogP contribution < -0.4 is 4.90 Å². The van der Waals surface area contributed by atoms with E-state index in [-0.39, 0.29) is 0 Å². The van der Waals surface area contributed by atoms with Crippen LogP contribution in [0, 0.1) is 0 Å². The van der Waals surface area contributed by atoms with E-state index in [0.29, 0.717) is 0 Å². The Morgan fingerprint density at radius 3 is 1.44 bits per heavy atom. The third kappa shape index (κ3) is 7.33. The van der Waals surface area contributed by atoms with Gasteiger partial charge in [0.05, 0.1) is 22.1 Å². The fraction of sp³-hybridized carbons (Fsp3) is 0.0137. The number of hydrogen-bond donors (Lipinski definition) is 0. The van der Waals surface area contributed by atoms with Crippen molar-refractivity contribution in [2.24, 2.45) is 0 Å². The van der Waals surface area contributed by atoms with Crippen LogP contribution in [0.4, 0.5) is 17.1 Å². The number of rotatable bonds is 10. The maximum absolute atomic E-state index is 2.53. The molecule has 0 amide bonds. The predicted molar refractivity (Wildman–Crippen MR) is 315 cm³/mol. The molecule has 1 aliphatic rings. The van der Waals surface area contributed by atoms with Crippen molar-refractivity contribution in [3.05, 3.63) is 326 Å². The molecule has 12 aromatic carbocycles. The van der Waals surface area contributed by atoms with Gasteiger partial charge >= 0.3 is 0 Å². The van der Waals surface area contributed by atoms with Crippen molar-refractivity contribution in [3.63, 3.8) is 0 Å². The molecule has 2 heteroatoms. The summed E-state index contributed by atoms with van der Waals surface area (Å²) in [5.74, 6) is 0. The van der Waals surface area contributed by atoms with E-state index in [1.54, 1.807) is 0 Å². The van der Waals surface area contributed by atoms with Crippen LogP contribution in [0.25, 0.3) is 83.1 Å². The fourth-order valence-corrected chi connectivity index (χ4v) is 12.2. The molecular weight excluding hydrogens is 905 g/mol. The van der Waals surface area contributed by atoms with Crippen LogP contribution in [-0.2, 0) is 5.41 Å². The molecule has 75 heavy (non-hydrogen) atoms. The van der Waals surface area contributed by atoms with Crippen LogP contribution in [-0.4, -0.2) is 4.57 Å². The Morgan fingerprint density at radius 1 is 0.267 bits per heavy atom. The summed E-state index contributed by atoms with van der Waals surface area (Å²) in [4.78, 5) is 2.36. The Kier molecular flexibility index (Phi) is 10.8. The second-order valence-electron chi connectivity index (χ2n) is 19.6. The number of anilines is 3. The van der Waals surface area contributed by atoms with Crippen LogP contribution in [0.15, 0.2) is 303 Å². The number of benzene rings is 12. The second kappa shape index (κ2) is 18.4. The highest BCUT2D eigenvalue weighted by Crippen LogP contribution is 2.58. The fourth-order valence-electron chi connectivity index (χ4n) is 12.2. The van der Waals surface area contributed by atoms with Crippen molar-refractivity contribution in [3.8, 4) is 61.3 Å². The quantitative estimate of drug-likeness (QED) is 0.133. The molecule has 0 radical (unpaired) electrons. The first-order chi connectivity index (χ1) is 37.2. The maximum Gasteiger partial charge on any atom is 0.0714 e. The number of fused-ring (bicyclic) bond motifs is 6. The third-order valence-electron chi connectivity index (χ3n) is 15.5. The average molecular weight is 955 g/mol. The number of aromatic nitrogens is 1. The molecule has 1 aliphatic carbocycles. The first-order valence-electron chi connectivity index (χ1n) is 25.9. The summed E-state index contributed by atoms with van der Waals surface area (Å²) < 4.78 is 2.53. The van der Waals surface area contributed by atoms with E-state index in [1.807, 2.05) is 0 Å². The van der Waals surface area contributed by atoms with Crippen LogP contribution in [0.3, 0.4) is 0 Å². The number of para-hydroxylation sites is 2. The van der Waals surface area contributed by atoms with Gasteiger partial charge in [-0.3, -0.25) is 0 Å². The van der Waals surface area contributed by atoms with Gasteiger partial charge in [-0.1, -0.05) is 243 Å². The Hall–Kier alpha value is -9.76. The molecule has 1 heterocycles. The van der Waals surface area contributed by atoms with Crippen molar-refractivity contribution in [1.29, 1.82) is 0 Å². The van der Waals surface area contributed by atoms with Gasteiger partial charge in [-0.15, -0.1) is 0 Å². The zero-order valence-corrected chi connectivity index (χ0v) is 41.3. The molecule has 2 nitrogen and oxygen atoms in total. The highest BCUT2D eigenvalue weighted by atomic mass is 15.1. The van der Waals surface area contributed by atoms with Gasteiger partial charge in [0, 0.05) is 33.4 Å². The lowest BCUT2D eigenvalue weighted by Crippen LogP contribution is -2.28. The Labute approximate surface area is 438 Å². The molecule has 0 aliphatic heterocycles. The molecule has 1 aromatic heterocycles. The Balaban J connectivity index is 0.894. The summed E-state index contributed by atoms with van der Waals surface area (Å²) in [5, 5.41) is 2.46. The largest absolute Gasteiger partial charge is 0.310 e. The molecule has 0 atom stereocenters. The summed E-state index contributed by atoms with van der Waals surface area (Å²) in [7, 11) is 0. The van der Waals surface area contributed by atoms with Crippen molar-refractivity contribution < 1.29 is 0 Å². The molecular formula is C73H50N2. The van der Waals surface area contributed by atoms with Gasteiger partial charge in [-0.2, -0.15) is 0 Å². The minimum atomic E-state index is -0.503. The molecule has 0 spiro atoms. The molecule has 0 fully saturated rings. The third-order valence-corrected chi connectivity index (χ3v) is 15.5. The second-order valence-corrected chi connectivity index (χ2v) is 19.6. The van der Waals surface area contributed by atoms with Crippen LogP contribution in [0.5, 0.6) is 0 Å². The summed E-state index contributed by atoms with van der Waals surface area (Å²) in [5.41, 5.74) is 23.4. The first-order valence-corrected chi connectivity index (χ1v) is 25.9. The predicted octanol–water partition coefficient (Wildman–Crippen LogP) is 19.3. The van der Waals surface area contributed by atoms with E-state index in [2.05, 4.69) is 313 Å². The molecule has 0 N–H and O–H groups in total. The molecule has 0 saturated heterocycles. The smallest absolute Gasteiger partial charge is 0.0714 e. The molecule has 14 rings (SSSR count). The molecule has 13 aromatic rings. The Bertz CT molecular complexity index is 4170. The van der Waals surface area contributed by atoms with Gasteiger partial charge < -0.3 is 9.47 Å². The van der Waals surface area contributed by atoms with Crippen LogP contribution in [0.1, 0.15) is 22.3 Å². The highest BCUT2D eigenvalue weighted by molar-refractivity contribution is 6.11. The van der Waals surface area contributed by atoms with Gasteiger partial charge in [0.1, 0.15) is 0 Å². The van der Waals surface area contributed by atoms with Crippen molar-refractivity contribution in [1.82, 2.24) is 4.57 Å². The lowest BCUT2D eigenvalue weighted by Gasteiger charge is -2.34. The first kappa shape index (κ1) is 44.0. The van der Waals surface area contributed by atoms with Gasteiger partial charge in [-0.05, 0) is 133 Å². The van der Waals surface area contributed by atoms with Gasteiger partial charge in [0.25, 0.3) is 0 Å². The van der Waals surface area contributed by atoms with E-state index in [4.69, 9.17) is 0 Å². The normalized spacial score (nSPS) is 12.4. The zero-order chi connectivity index (χ0) is 49.7. The highest BCUT2D eigenvalue weighted by Gasteiger charge is 2.47. The van der Waals surface area contributed by atoms with E-state index in [0.717, 1.165) is 28.2 Å². The minimum absolute atomic E-state index is 0.503. The minimum Gasteiger partial charge on any atom is -0.310 e. The molecule has 0 unspecified atom stereocenters. The van der Waals surface area contributed by atoms with Crippen molar-refractivity contribution in [2.45, 2.75) is 5.41 Å². The van der Waals surface area contributed by atoms with Crippen LogP contribution in [0.2, 0.25) is 0 Å². The summed E-state index contributed by atoms with van der Waals surface area (Å²) in [6.07, 6.45) is 0. The molecule has 0 saturated carbocycles. The standard InChI is InChI=1S/C73H50N2/c1-5-22-51(23-6-1)53-24-19-25-54(48-53)52-42-45-60(46-43-52)74(59-31-11-4-12-32-59)61-33-20-26-55(49-61)62-34-13-14-35-63(62)56-44-47-65-64-36-16-18-40-69(64)75(71(65)50-56)70-41-21-39-68-72(70)66-37-15-17-38-67(66)73(68,57-27-7-2-8-28-57)58-29-9-3-10-30-58/h1-50H. The Morgan fingerprint density at radius 2 is 0.733 bits per heavy atom. The number of nitrogens with zero attached hydrogens (tertiary/aromatic N) is 2. The average Bonchev–Trinajstić information content (AvgIpc) is 4.07. The van der Waals surface area contributed by atoms with E-state index in [1.165, 1.54) is 94.3 Å². The van der Waals surface area contributed by atoms with Crippen LogP contribution >= 0.6 is 0 Å². The van der Waals surface area contributed by atoms with Gasteiger partial charge in [0.2, 0.25) is 0 Å². The molecule has 352 valence electrons. The monoisotopic (exact) mass is 954 g/mol. The maximum atomic E-state index is 2.53. The lowest BCUT2D eigenvalue weighted by molar-refractivity contribution is 0.768. The summed E-state index contributed by atoms with van der Waals surface area (Å²) >= 11 is 0. The summed E-state index contributed by atoms with van der Waals surface area (Å²) in [6, 6.07) is 111. The summed E-state index contributed by atoms with van der Waals surface area (Å²) in [6.45, 7) is 0. The van der Waals surface area contributed by atoms with Crippen molar-refractivity contribution >= 4 is 38.9 Å². The lowest BCUT2D eigenvalue weighted by atomic mass is 9.68. The van der Waals surface area contributed by atoms with Gasteiger partial charge in [0.15, 0.2) is 0 Å².